The number of nitrogens with zero attached hydrogens (tertiary/aromatic N) is 6. The third-order valence-electron chi connectivity index (χ3n) is 6.17. The molecule has 2 atom stereocenters. The average Bonchev–Trinajstić information content (AvgIpc) is 3.66. The van der Waals surface area contributed by atoms with E-state index in [0.29, 0.717) is 17.3 Å². The van der Waals surface area contributed by atoms with Crippen LogP contribution in [-0.2, 0) is 50.5 Å². The Morgan fingerprint density at radius 2 is 1.02 bits per heavy atom. The van der Waals surface area contributed by atoms with E-state index >= 15 is 0 Å². The van der Waals surface area contributed by atoms with Crippen LogP contribution >= 0.6 is 97.7 Å². The summed E-state index contributed by atoms with van der Waals surface area (Å²) in [6.07, 6.45) is 7.16. The van der Waals surface area contributed by atoms with Gasteiger partial charge in [-0.05, 0) is 34.3 Å². The van der Waals surface area contributed by atoms with Crippen LogP contribution in [0, 0.1) is 0 Å². The van der Waals surface area contributed by atoms with Gasteiger partial charge in [-0.25, -0.2) is 30.3 Å². The molecule has 4 rings (SSSR count). The molecule has 0 radical (unpaired) electrons. The molecule has 0 bridgehead atoms. The fourth-order valence-corrected chi connectivity index (χ4v) is 8.44. The van der Waals surface area contributed by atoms with Gasteiger partial charge in [-0.2, -0.15) is 0 Å². The van der Waals surface area contributed by atoms with E-state index in [-0.39, 0.29) is 11.0 Å². The molecule has 0 aromatic heterocycles. The van der Waals surface area contributed by atoms with E-state index in [4.69, 9.17) is 80.9 Å². The van der Waals surface area contributed by atoms with Crippen LogP contribution in [-0.4, -0.2) is 109 Å². The van der Waals surface area contributed by atoms with Gasteiger partial charge in [-0.1, -0.05) is 37.3 Å². The van der Waals surface area contributed by atoms with Crippen molar-refractivity contribution in [3.05, 3.63) is 0 Å². The number of thiol groups is 2. The summed E-state index contributed by atoms with van der Waals surface area (Å²) in [6.45, 7) is 5.75. The SMILES string of the molecule is S=C(S)N(C1NCCS1)N(C(=S)[S-])N1CCCCC1.S=C(S)N(C1NCCS1)N(C(=S)[S-])N1CCCCC1.[O]=[Mo+2]=[O]. The molecule has 4 aliphatic heterocycles. The number of hydrogen-bond acceptors (Lipinski definition) is 14. The molecule has 0 amide bonds. The van der Waals surface area contributed by atoms with E-state index in [1.807, 2.05) is 20.3 Å². The van der Waals surface area contributed by atoms with E-state index < -0.39 is 18.5 Å². The Hall–Kier alpha value is 1.53. The summed E-state index contributed by atoms with van der Waals surface area (Å²) in [6, 6.07) is 0. The number of hydrazine groups is 4. The fraction of sp³-hybridized carbons (Fsp3) is 0.800. The second-order valence-corrected chi connectivity index (χ2v) is 15.8. The van der Waals surface area contributed by atoms with E-state index in [9.17, 15) is 0 Å². The van der Waals surface area contributed by atoms with Crippen LogP contribution in [0.25, 0.3) is 0 Å². The molecule has 0 aromatic carbocycles. The minimum absolute atomic E-state index is 0.0628. The van der Waals surface area contributed by atoms with Crippen LogP contribution in [0.4, 0.5) is 0 Å². The standard InChI is InChI=1S/2C10H18N4S5.Mo.2O/c2*15-9(16)13(8-11-4-7-19-8)14(10(17)18)12-5-2-1-3-6-12;;;/h2*8,11H,1-7H2,(H,15,16)(H,17,18);;;/q;;+2;;/p-2. The summed E-state index contributed by atoms with van der Waals surface area (Å²) in [5.74, 6) is 2.10. The van der Waals surface area contributed by atoms with Crippen molar-refractivity contribution in [2.75, 3.05) is 50.8 Å². The van der Waals surface area contributed by atoms with E-state index in [1.54, 1.807) is 23.5 Å². The van der Waals surface area contributed by atoms with E-state index in [2.05, 4.69) is 45.9 Å². The third-order valence-corrected chi connectivity index (χ3v) is 9.85. The normalized spacial score (nSPS) is 22.6. The van der Waals surface area contributed by atoms with Crippen molar-refractivity contribution in [2.45, 2.75) is 49.5 Å². The molecule has 0 saturated carbocycles. The quantitative estimate of drug-likeness (QED) is 0.110. The number of piperidine rings is 2. The number of nitrogens with one attached hydrogen (secondary N) is 2. The zero-order valence-corrected chi connectivity index (χ0v) is 32.5. The maximum absolute atomic E-state index is 8.50. The molecule has 41 heavy (non-hydrogen) atoms. The van der Waals surface area contributed by atoms with Crippen LogP contribution in [0.5, 0.6) is 0 Å². The van der Waals surface area contributed by atoms with Crippen LogP contribution in [0.1, 0.15) is 38.5 Å². The average molecular weight is 835 g/mol. The molecule has 0 spiro atoms. The molecule has 10 nitrogen and oxygen atoms in total. The van der Waals surface area contributed by atoms with Gasteiger partial charge in [0.05, 0.1) is 0 Å². The topological polar surface area (TPSA) is 77.6 Å². The summed E-state index contributed by atoms with van der Waals surface area (Å²) in [5, 5.41) is 18.7. The predicted molar refractivity (Wildman–Crippen MR) is 191 cm³/mol. The Balaban J connectivity index is 0.000000262. The van der Waals surface area contributed by atoms with Gasteiger partial charge >= 0.3 is 25.3 Å². The summed E-state index contributed by atoms with van der Waals surface area (Å²) in [7, 11) is 0. The van der Waals surface area contributed by atoms with Gasteiger partial charge in [-0.15, -0.1) is 48.8 Å². The van der Waals surface area contributed by atoms with Crippen molar-refractivity contribution in [3.8, 4) is 0 Å². The van der Waals surface area contributed by atoms with Gasteiger partial charge in [-0.3, -0.25) is 10.6 Å². The minimum atomic E-state index is -2.03. The van der Waals surface area contributed by atoms with Crippen LogP contribution in [0.2, 0.25) is 0 Å². The number of thiocarbonyl (C=S) groups is 4. The summed E-state index contributed by atoms with van der Waals surface area (Å²) in [4.78, 5) is 0. The Labute approximate surface area is 303 Å². The molecule has 2 unspecified atom stereocenters. The molecule has 21 heteroatoms. The molecule has 0 aromatic rings. The Bertz CT molecular complexity index is 846. The van der Waals surface area contributed by atoms with Crippen molar-refractivity contribution in [2.24, 2.45) is 0 Å². The molecular weight excluding hydrogens is 801 g/mol. The second-order valence-electron chi connectivity index (χ2n) is 8.82. The number of rotatable bonds is 4. The first-order valence-corrected chi connectivity index (χ1v) is 19.9. The summed E-state index contributed by atoms with van der Waals surface area (Å²) in [5.41, 5.74) is 0.126. The first-order chi connectivity index (χ1) is 19.6. The molecule has 232 valence electrons. The van der Waals surface area contributed by atoms with Gasteiger partial charge < -0.3 is 49.7 Å². The van der Waals surface area contributed by atoms with Gasteiger partial charge in [0.25, 0.3) is 0 Å². The summed E-state index contributed by atoms with van der Waals surface area (Å²) < 4.78 is 18.8. The van der Waals surface area contributed by atoms with Gasteiger partial charge in [0.15, 0.2) is 19.6 Å². The molecule has 4 heterocycles. The van der Waals surface area contributed by atoms with Crippen LogP contribution in [0.15, 0.2) is 0 Å². The van der Waals surface area contributed by atoms with Gasteiger partial charge in [0.2, 0.25) is 0 Å². The summed E-state index contributed by atoms with van der Waals surface area (Å²) >= 11 is 41.8. The number of hydrogen-bond donors (Lipinski definition) is 4. The number of thioether (sulfide) groups is 2. The first-order valence-electron chi connectivity index (χ1n) is 12.8. The van der Waals surface area contributed by atoms with E-state index in [0.717, 1.165) is 76.5 Å². The Morgan fingerprint density at radius 1 is 0.707 bits per heavy atom. The Kier molecular flexibility index (Phi) is 20.2. The van der Waals surface area contributed by atoms with Gasteiger partial charge in [0, 0.05) is 50.8 Å². The van der Waals surface area contributed by atoms with Crippen molar-refractivity contribution < 1.29 is 25.3 Å². The first kappa shape index (κ1) is 38.7. The maximum atomic E-state index is 8.50. The predicted octanol–water partition coefficient (Wildman–Crippen LogP) is 2.91. The Morgan fingerprint density at radius 3 is 1.24 bits per heavy atom. The molecule has 4 fully saturated rings. The molecule has 4 aliphatic rings. The second kappa shape index (κ2) is 21.3. The van der Waals surface area contributed by atoms with Crippen molar-refractivity contribution in [1.29, 1.82) is 0 Å². The van der Waals surface area contributed by atoms with Gasteiger partial charge in [0.1, 0.15) is 0 Å². The zero-order chi connectivity index (χ0) is 30.4. The monoisotopic (exact) mass is 836 g/mol. The molecule has 2 N–H and O–H groups in total. The van der Waals surface area contributed by atoms with Crippen LogP contribution < -0.4 is 10.6 Å². The molecular formula is C20H34MoN8O2S10. The van der Waals surface area contributed by atoms with Crippen molar-refractivity contribution >= 4 is 140 Å². The molecule has 4 saturated heterocycles. The fourth-order valence-electron chi connectivity index (χ4n) is 4.51. The van der Waals surface area contributed by atoms with Crippen molar-refractivity contribution in [3.63, 3.8) is 0 Å². The van der Waals surface area contributed by atoms with Crippen molar-refractivity contribution in [1.82, 2.24) is 40.9 Å². The third kappa shape index (κ3) is 12.7. The van der Waals surface area contributed by atoms with E-state index in [1.165, 1.54) is 12.8 Å². The molecule has 0 aliphatic carbocycles. The zero-order valence-electron chi connectivity index (χ0n) is 22.1. The van der Waals surface area contributed by atoms with Crippen LogP contribution in [0.3, 0.4) is 0 Å².